The number of benzene rings is 2. The van der Waals surface area contributed by atoms with Gasteiger partial charge in [0.25, 0.3) is 5.69 Å². The number of ether oxygens (including phenoxy) is 1. The number of nitro groups is 1. The molecule has 0 saturated heterocycles. The minimum atomic E-state index is -0.356. The van der Waals surface area contributed by atoms with Gasteiger partial charge in [-0.3, -0.25) is 10.1 Å². The van der Waals surface area contributed by atoms with Gasteiger partial charge in [0.15, 0.2) is 0 Å². The average Bonchev–Trinajstić information content (AvgIpc) is 2.36. The predicted octanol–water partition coefficient (Wildman–Crippen LogP) is 3.79. The van der Waals surface area contributed by atoms with Crippen LogP contribution in [0.3, 0.4) is 0 Å². The van der Waals surface area contributed by atoms with E-state index in [0.29, 0.717) is 23.5 Å². The monoisotopic (exact) mass is 257 g/mol. The van der Waals surface area contributed by atoms with E-state index in [-0.39, 0.29) is 10.6 Å². The molecule has 4 heteroatoms. The summed E-state index contributed by atoms with van der Waals surface area (Å²) in [4.78, 5) is 10.5. The molecule has 0 aliphatic carbocycles. The molecular formula is C15H15NO3. The van der Waals surface area contributed by atoms with Gasteiger partial charge in [-0.05, 0) is 31.5 Å². The molecule has 0 aliphatic rings. The maximum Gasteiger partial charge on any atom is 0.275 e. The molecule has 0 atom stereocenters. The van der Waals surface area contributed by atoms with E-state index in [1.807, 2.05) is 30.3 Å². The van der Waals surface area contributed by atoms with E-state index in [9.17, 15) is 10.1 Å². The van der Waals surface area contributed by atoms with Gasteiger partial charge in [-0.1, -0.05) is 30.3 Å². The normalized spacial score (nSPS) is 10.2. The van der Waals surface area contributed by atoms with Crippen molar-refractivity contribution in [3.05, 3.63) is 69.3 Å². The van der Waals surface area contributed by atoms with Gasteiger partial charge in [0.05, 0.1) is 4.92 Å². The number of nitro benzene ring substituents is 1. The van der Waals surface area contributed by atoms with E-state index in [4.69, 9.17) is 4.74 Å². The van der Waals surface area contributed by atoms with Crippen LogP contribution in [0.1, 0.15) is 16.7 Å². The summed E-state index contributed by atoms with van der Waals surface area (Å²) in [5, 5.41) is 10.9. The molecule has 0 N–H and O–H groups in total. The molecule has 0 spiro atoms. The van der Waals surface area contributed by atoms with Crippen molar-refractivity contribution < 1.29 is 9.66 Å². The predicted molar refractivity (Wildman–Crippen MR) is 73.3 cm³/mol. The number of rotatable bonds is 4. The van der Waals surface area contributed by atoms with Crippen molar-refractivity contribution in [3.63, 3.8) is 0 Å². The van der Waals surface area contributed by atoms with Crippen LogP contribution in [0.15, 0.2) is 42.5 Å². The molecule has 4 nitrogen and oxygen atoms in total. The second-order valence-electron chi connectivity index (χ2n) is 4.44. The molecule has 0 unspecified atom stereocenters. The molecule has 0 saturated carbocycles. The van der Waals surface area contributed by atoms with Gasteiger partial charge in [0, 0.05) is 11.1 Å². The van der Waals surface area contributed by atoms with Gasteiger partial charge in [0.1, 0.15) is 12.4 Å². The van der Waals surface area contributed by atoms with Gasteiger partial charge < -0.3 is 4.74 Å². The Morgan fingerprint density at radius 1 is 1.11 bits per heavy atom. The summed E-state index contributed by atoms with van der Waals surface area (Å²) in [6.45, 7) is 3.90. The van der Waals surface area contributed by atoms with Gasteiger partial charge in [0.2, 0.25) is 0 Å². The highest BCUT2D eigenvalue weighted by Gasteiger charge is 2.15. The van der Waals surface area contributed by atoms with Gasteiger partial charge in [-0.15, -0.1) is 0 Å². The number of hydrogen-bond acceptors (Lipinski definition) is 3. The SMILES string of the molecule is Cc1cc(OCc2ccccc2)cc(C)c1[N+](=O)[O-]. The van der Waals surface area contributed by atoms with Crippen LogP contribution in [-0.4, -0.2) is 4.92 Å². The maximum atomic E-state index is 10.9. The molecule has 0 aromatic heterocycles. The average molecular weight is 257 g/mol. The van der Waals surface area contributed by atoms with Gasteiger partial charge in [-0.2, -0.15) is 0 Å². The van der Waals surface area contributed by atoms with E-state index >= 15 is 0 Å². The second-order valence-corrected chi connectivity index (χ2v) is 4.44. The van der Waals surface area contributed by atoms with E-state index in [2.05, 4.69) is 0 Å². The lowest BCUT2D eigenvalue weighted by molar-refractivity contribution is -0.386. The zero-order chi connectivity index (χ0) is 13.8. The molecular weight excluding hydrogens is 242 g/mol. The Hall–Kier alpha value is -2.36. The quantitative estimate of drug-likeness (QED) is 0.618. The van der Waals surface area contributed by atoms with Crippen molar-refractivity contribution >= 4 is 5.69 Å². The lowest BCUT2D eigenvalue weighted by atomic mass is 10.1. The molecule has 0 amide bonds. The van der Waals surface area contributed by atoms with E-state index in [1.54, 1.807) is 26.0 Å². The summed E-state index contributed by atoms with van der Waals surface area (Å²) in [5.41, 5.74) is 2.46. The van der Waals surface area contributed by atoms with Crippen molar-refractivity contribution in [2.45, 2.75) is 20.5 Å². The first-order valence-electron chi connectivity index (χ1n) is 6.00. The first-order valence-corrected chi connectivity index (χ1v) is 6.00. The van der Waals surface area contributed by atoms with Gasteiger partial charge in [-0.25, -0.2) is 0 Å². The van der Waals surface area contributed by atoms with Crippen molar-refractivity contribution in [2.75, 3.05) is 0 Å². The van der Waals surface area contributed by atoms with Crippen LogP contribution < -0.4 is 4.74 Å². The second kappa shape index (κ2) is 5.52. The zero-order valence-corrected chi connectivity index (χ0v) is 10.9. The largest absolute Gasteiger partial charge is 0.489 e. The Labute approximate surface area is 111 Å². The molecule has 2 aromatic rings. The molecule has 0 heterocycles. The fraction of sp³-hybridized carbons (Fsp3) is 0.200. The summed E-state index contributed by atoms with van der Waals surface area (Å²) in [7, 11) is 0. The molecule has 0 radical (unpaired) electrons. The number of hydrogen-bond donors (Lipinski definition) is 0. The Bertz CT molecular complexity index is 571. The third-order valence-electron chi connectivity index (χ3n) is 2.90. The number of nitrogens with zero attached hydrogens (tertiary/aromatic N) is 1. The summed E-state index contributed by atoms with van der Waals surface area (Å²) >= 11 is 0. The highest BCUT2D eigenvalue weighted by molar-refractivity contribution is 5.51. The van der Waals surface area contributed by atoms with Crippen LogP contribution in [0.2, 0.25) is 0 Å². The first-order chi connectivity index (χ1) is 9.08. The summed E-state index contributed by atoms with van der Waals surface area (Å²) in [6, 6.07) is 13.2. The van der Waals surface area contributed by atoms with Crippen molar-refractivity contribution in [3.8, 4) is 5.75 Å². The fourth-order valence-corrected chi connectivity index (χ4v) is 2.03. The summed E-state index contributed by atoms with van der Waals surface area (Å²) in [5.74, 6) is 0.657. The highest BCUT2D eigenvalue weighted by Crippen LogP contribution is 2.28. The summed E-state index contributed by atoms with van der Waals surface area (Å²) < 4.78 is 5.67. The Kier molecular flexibility index (Phi) is 3.80. The van der Waals surface area contributed by atoms with Crippen LogP contribution in [0.4, 0.5) is 5.69 Å². The minimum absolute atomic E-state index is 0.159. The van der Waals surface area contributed by atoms with Crippen molar-refractivity contribution in [1.29, 1.82) is 0 Å². The van der Waals surface area contributed by atoms with E-state index in [0.717, 1.165) is 5.56 Å². The van der Waals surface area contributed by atoms with Gasteiger partial charge >= 0.3 is 0 Å². The Morgan fingerprint density at radius 3 is 2.21 bits per heavy atom. The van der Waals surface area contributed by atoms with Crippen LogP contribution >= 0.6 is 0 Å². The molecule has 19 heavy (non-hydrogen) atoms. The lowest BCUT2D eigenvalue weighted by Gasteiger charge is -2.09. The third kappa shape index (κ3) is 3.10. The molecule has 2 aromatic carbocycles. The molecule has 98 valence electrons. The number of aryl methyl sites for hydroxylation is 2. The van der Waals surface area contributed by atoms with Crippen LogP contribution in [0, 0.1) is 24.0 Å². The smallest absolute Gasteiger partial charge is 0.275 e. The Balaban J connectivity index is 2.16. The van der Waals surface area contributed by atoms with E-state index in [1.165, 1.54) is 0 Å². The minimum Gasteiger partial charge on any atom is -0.489 e. The van der Waals surface area contributed by atoms with Crippen molar-refractivity contribution in [1.82, 2.24) is 0 Å². The Morgan fingerprint density at radius 2 is 1.68 bits per heavy atom. The fourth-order valence-electron chi connectivity index (χ4n) is 2.03. The summed E-state index contributed by atoms with van der Waals surface area (Å²) in [6.07, 6.45) is 0. The third-order valence-corrected chi connectivity index (χ3v) is 2.90. The highest BCUT2D eigenvalue weighted by atomic mass is 16.6. The molecule has 2 rings (SSSR count). The lowest BCUT2D eigenvalue weighted by Crippen LogP contribution is -1.99. The molecule has 0 aliphatic heterocycles. The van der Waals surface area contributed by atoms with Crippen molar-refractivity contribution in [2.24, 2.45) is 0 Å². The first kappa shape index (κ1) is 13.1. The molecule has 0 bridgehead atoms. The molecule has 0 fully saturated rings. The maximum absolute atomic E-state index is 10.9. The van der Waals surface area contributed by atoms with Crippen LogP contribution in [0.5, 0.6) is 5.75 Å². The standard InChI is InChI=1S/C15H15NO3/c1-11-8-14(9-12(2)15(11)16(17)18)19-10-13-6-4-3-5-7-13/h3-9H,10H2,1-2H3. The van der Waals surface area contributed by atoms with Crippen LogP contribution in [0.25, 0.3) is 0 Å². The zero-order valence-electron chi connectivity index (χ0n) is 10.9. The topological polar surface area (TPSA) is 52.4 Å². The van der Waals surface area contributed by atoms with E-state index < -0.39 is 0 Å². The van der Waals surface area contributed by atoms with Crippen LogP contribution in [-0.2, 0) is 6.61 Å².